The number of amides is 1. The number of hydrogen-bond donors (Lipinski definition) is 1. The minimum Gasteiger partial charge on any atom is -0.489 e. The molecule has 1 amide bonds. The number of benzene rings is 3. The first-order chi connectivity index (χ1) is 13.6. The maximum atomic E-state index is 12.0. The summed E-state index contributed by atoms with van der Waals surface area (Å²) in [5.41, 5.74) is 2.91. The van der Waals surface area contributed by atoms with Gasteiger partial charge in [-0.15, -0.1) is 0 Å². The Bertz CT molecular complexity index is 951. The Balaban J connectivity index is 1.47. The molecule has 0 saturated carbocycles. The highest BCUT2D eigenvalue weighted by Crippen LogP contribution is 2.17. The molecule has 0 aliphatic carbocycles. The molecule has 0 aliphatic heterocycles. The van der Waals surface area contributed by atoms with Crippen molar-refractivity contribution in [1.82, 2.24) is 5.32 Å². The minimum atomic E-state index is -0.156. The van der Waals surface area contributed by atoms with Crippen molar-refractivity contribution in [3.8, 4) is 5.75 Å². The molecule has 0 atom stereocenters. The average Bonchev–Trinajstić information content (AvgIpc) is 2.71. The Labute approximate surface area is 174 Å². The van der Waals surface area contributed by atoms with Crippen LogP contribution in [0, 0.1) is 0 Å². The summed E-state index contributed by atoms with van der Waals surface area (Å²) in [7, 11) is 0. The van der Waals surface area contributed by atoms with Crippen LogP contribution in [0.4, 0.5) is 0 Å². The number of carbonyl (C=O) groups excluding carboxylic acids is 1. The predicted octanol–water partition coefficient (Wildman–Crippen LogP) is 5.90. The zero-order chi connectivity index (χ0) is 19.8. The van der Waals surface area contributed by atoms with Gasteiger partial charge in [0.2, 0.25) is 5.91 Å². The molecule has 3 nitrogen and oxygen atoms in total. The van der Waals surface area contributed by atoms with Gasteiger partial charge in [-0.25, -0.2) is 0 Å². The Hall–Kier alpha value is -2.75. The quantitative estimate of drug-likeness (QED) is 0.491. The molecule has 142 valence electrons. The molecule has 0 heterocycles. The van der Waals surface area contributed by atoms with E-state index in [1.54, 1.807) is 18.2 Å². The van der Waals surface area contributed by atoms with Gasteiger partial charge < -0.3 is 10.1 Å². The second kappa shape index (κ2) is 9.98. The van der Waals surface area contributed by atoms with E-state index >= 15 is 0 Å². The highest BCUT2D eigenvalue weighted by molar-refractivity contribution is 6.30. The van der Waals surface area contributed by atoms with Crippen LogP contribution < -0.4 is 10.1 Å². The van der Waals surface area contributed by atoms with E-state index in [9.17, 15) is 4.79 Å². The standard InChI is InChI=1S/C23H19Cl2NO2/c24-20-9-4-18(5-10-20)15-26-23(27)13-8-17-6-11-22(12-7-17)28-16-19-2-1-3-21(25)14-19/h1-14H,15-16H2,(H,26,27)/b13-8+. The normalized spacial score (nSPS) is 10.8. The van der Waals surface area contributed by atoms with E-state index in [2.05, 4.69) is 5.32 Å². The first-order valence-corrected chi connectivity index (χ1v) is 9.52. The van der Waals surface area contributed by atoms with E-state index in [0.29, 0.717) is 23.2 Å². The second-order valence-electron chi connectivity index (χ2n) is 6.17. The molecule has 3 aromatic carbocycles. The Morgan fingerprint density at radius 1 is 0.893 bits per heavy atom. The predicted molar refractivity (Wildman–Crippen MR) is 115 cm³/mol. The van der Waals surface area contributed by atoms with Crippen molar-refractivity contribution in [1.29, 1.82) is 0 Å². The van der Waals surface area contributed by atoms with Gasteiger partial charge in [0.1, 0.15) is 12.4 Å². The van der Waals surface area contributed by atoms with Gasteiger partial charge in [-0.1, -0.05) is 59.6 Å². The first kappa shape index (κ1) is 20.0. The number of ether oxygens (including phenoxy) is 1. The molecule has 1 N–H and O–H groups in total. The summed E-state index contributed by atoms with van der Waals surface area (Å²) in [6.07, 6.45) is 3.27. The van der Waals surface area contributed by atoms with Gasteiger partial charge >= 0.3 is 0 Å². The lowest BCUT2D eigenvalue weighted by molar-refractivity contribution is -0.116. The topological polar surface area (TPSA) is 38.3 Å². The fourth-order valence-electron chi connectivity index (χ4n) is 2.49. The number of nitrogens with one attached hydrogen (secondary N) is 1. The van der Waals surface area contributed by atoms with Crippen LogP contribution in [0.1, 0.15) is 16.7 Å². The van der Waals surface area contributed by atoms with E-state index in [4.69, 9.17) is 27.9 Å². The maximum absolute atomic E-state index is 12.0. The lowest BCUT2D eigenvalue weighted by Gasteiger charge is -2.07. The summed E-state index contributed by atoms with van der Waals surface area (Å²) >= 11 is 11.8. The molecule has 0 fully saturated rings. The van der Waals surface area contributed by atoms with Gasteiger partial charge in [-0.05, 0) is 59.2 Å². The van der Waals surface area contributed by atoms with Crippen molar-refractivity contribution >= 4 is 35.2 Å². The van der Waals surface area contributed by atoms with Crippen molar-refractivity contribution in [2.45, 2.75) is 13.2 Å². The lowest BCUT2D eigenvalue weighted by atomic mass is 10.2. The molecule has 0 spiro atoms. The third kappa shape index (κ3) is 6.45. The molecule has 0 saturated heterocycles. The molecular formula is C23H19Cl2NO2. The zero-order valence-corrected chi connectivity index (χ0v) is 16.6. The van der Waals surface area contributed by atoms with Crippen LogP contribution in [0.2, 0.25) is 10.0 Å². The number of rotatable bonds is 7. The molecule has 0 unspecified atom stereocenters. The number of halogens is 2. The second-order valence-corrected chi connectivity index (χ2v) is 7.04. The van der Waals surface area contributed by atoms with Gasteiger partial charge in [-0.2, -0.15) is 0 Å². The largest absolute Gasteiger partial charge is 0.489 e. The Morgan fingerprint density at radius 2 is 1.64 bits per heavy atom. The fourth-order valence-corrected chi connectivity index (χ4v) is 2.83. The van der Waals surface area contributed by atoms with E-state index in [-0.39, 0.29) is 5.91 Å². The summed E-state index contributed by atoms with van der Waals surface area (Å²) in [6, 6.07) is 22.5. The molecule has 0 aliphatic rings. The molecule has 28 heavy (non-hydrogen) atoms. The third-order valence-corrected chi connectivity index (χ3v) is 4.47. The van der Waals surface area contributed by atoms with Crippen molar-refractivity contribution in [3.05, 3.63) is 106 Å². The highest BCUT2D eigenvalue weighted by Gasteiger charge is 1.99. The lowest BCUT2D eigenvalue weighted by Crippen LogP contribution is -2.20. The summed E-state index contributed by atoms with van der Waals surface area (Å²) in [4.78, 5) is 12.0. The van der Waals surface area contributed by atoms with Gasteiger partial charge in [-0.3, -0.25) is 4.79 Å². The van der Waals surface area contributed by atoms with Crippen LogP contribution in [0.25, 0.3) is 6.08 Å². The van der Waals surface area contributed by atoms with Crippen molar-refractivity contribution in [3.63, 3.8) is 0 Å². The average molecular weight is 412 g/mol. The van der Waals surface area contributed by atoms with Gasteiger partial charge in [0.05, 0.1) is 0 Å². The molecule has 3 aromatic rings. The molecule has 0 bridgehead atoms. The Morgan fingerprint density at radius 3 is 2.36 bits per heavy atom. The van der Waals surface area contributed by atoms with Crippen LogP contribution in [-0.4, -0.2) is 5.91 Å². The van der Waals surface area contributed by atoms with Crippen molar-refractivity contribution in [2.24, 2.45) is 0 Å². The SMILES string of the molecule is O=C(/C=C/c1ccc(OCc2cccc(Cl)c2)cc1)NCc1ccc(Cl)cc1. The Kier molecular flexibility index (Phi) is 7.12. The van der Waals surface area contributed by atoms with Gasteiger partial charge in [0.25, 0.3) is 0 Å². The minimum absolute atomic E-state index is 0.156. The third-order valence-electron chi connectivity index (χ3n) is 3.98. The van der Waals surface area contributed by atoms with Crippen LogP contribution in [0.15, 0.2) is 78.9 Å². The van der Waals surface area contributed by atoms with E-state index in [1.165, 1.54) is 6.08 Å². The molecule has 0 aromatic heterocycles. The van der Waals surface area contributed by atoms with Crippen LogP contribution >= 0.6 is 23.2 Å². The summed E-state index contributed by atoms with van der Waals surface area (Å²) in [6.45, 7) is 0.902. The smallest absolute Gasteiger partial charge is 0.244 e. The van der Waals surface area contributed by atoms with Gasteiger partial charge in [0, 0.05) is 22.7 Å². The van der Waals surface area contributed by atoms with Crippen molar-refractivity contribution in [2.75, 3.05) is 0 Å². The summed E-state index contributed by atoms with van der Waals surface area (Å²) in [5, 5.41) is 4.21. The monoisotopic (exact) mass is 411 g/mol. The van der Waals surface area contributed by atoms with Crippen LogP contribution in [0.5, 0.6) is 5.75 Å². The van der Waals surface area contributed by atoms with Crippen LogP contribution in [0.3, 0.4) is 0 Å². The number of hydrogen-bond acceptors (Lipinski definition) is 2. The summed E-state index contributed by atoms with van der Waals surface area (Å²) in [5.74, 6) is 0.598. The maximum Gasteiger partial charge on any atom is 0.244 e. The molecule has 3 rings (SSSR count). The molecular weight excluding hydrogens is 393 g/mol. The van der Waals surface area contributed by atoms with Crippen molar-refractivity contribution < 1.29 is 9.53 Å². The molecule has 5 heteroatoms. The van der Waals surface area contributed by atoms with E-state index < -0.39 is 0 Å². The van der Waals surface area contributed by atoms with E-state index in [0.717, 1.165) is 22.4 Å². The van der Waals surface area contributed by atoms with E-state index in [1.807, 2.05) is 60.7 Å². The van der Waals surface area contributed by atoms with Crippen LogP contribution in [-0.2, 0) is 17.9 Å². The number of carbonyl (C=O) groups is 1. The first-order valence-electron chi connectivity index (χ1n) is 8.76. The fraction of sp³-hybridized carbons (Fsp3) is 0.0870. The van der Waals surface area contributed by atoms with Gasteiger partial charge in [0.15, 0.2) is 0 Å². The highest BCUT2D eigenvalue weighted by atomic mass is 35.5. The molecule has 0 radical (unpaired) electrons. The zero-order valence-electron chi connectivity index (χ0n) is 15.1. The summed E-state index contributed by atoms with van der Waals surface area (Å²) < 4.78 is 5.75.